The van der Waals surface area contributed by atoms with Gasteiger partial charge in [-0.3, -0.25) is 0 Å². The van der Waals surface area contributed by atoms with Crippen LogP contribution in [-0.2, 0) is 6.42 Å². The van der Waals surface area contributed by atoms with Crippen LogP contribution in [0.4, 0.5) is 0 Å². The van der Waals surface area contributed by atoms with Gasteiger partial charge in [-0.1, -0.05) is 0 Å². The van der Waals surface area contributed by atoms with Crippen molar-refractivity contribution in [2.75, 3.05) is 7.05 Å². The Balaban J connectivity index is 2.88. The Hall–Kier alpha value is -1.53. The molecule has 2 N–H and O–H groups in total. The Morgan fingerprint density at radius 2 is 2.21 bits per heavy atom. The Labute approximate surface area is 84.0 Å². The molecule has 1 aromatic carbocycles. The summed E-state index contributed by atoms with van der Waals surface area (Å²) in [6.45, 7) is 2.05. The van der Waals surface area contributed by atoms with E-state index in [0.29, 0.717) is 11.6 Å². The fourth-order valence-electron chi connectivity index (χ4n) is 1.31. The van der Waals surface area contributed by atoms with Crippen LogP contribution in [-0.4, -0.2) is 18.2 Å². The van der Waals surface area contributed by atoms with E-state index in [1.54, 1.807) is 12.1 Å². The number of hydrogen-bond acceptors (Lipinski definition) is 3. The smallest absolute Gasteiger partial charge is 0.117 e. The number of aromatic hydroxyl groups is 1. The topological polar surface area (TPSA) is 56.0 Å². The molecule has 0 aromatic heterocycles. The van der Waals surface area contributed by atoms with E-state index in [9.17, 15) is 5.11 Å². The largest absolute Gasteiger partial charge is 0.508 e. The van der Waals surface area contributed by atoms with Gasteiger partial charge in [0.25, 0.3) is 0 Å². The maximum absolute atomic E-state index is 9.34. The molecule has 0 saturated heterocycles. The van der Waals surface area contributed by atoms with Crippen molar-refractivity contribution in [3.8, 4) is 11.8 Å². The van der Waals surface area contributed by atoms with Crippen molar-refractivity contribution in [3.05, 3.63) is 29.3 Å². The number of phenols is 1. The zero-order chi connectivity index (χ0) is 10.6. The molecule has 3 heteroatoms. The zero-order valence-electron chi connectivity index (χ0n) is 8.41. The van der Waals surface area contributed by atoms with Gasteiger partial charge in [0.15, 0.2) is 0 Å². The average Bonchev–Trinajstić information content (AvgIpc) is 2.16. The number of phenolic OH excluding ortho intramolecular Hbond substituents is 1. The van der Waals surface area contributed by atoms with Gasteiger partial charge < -0.3 is 10.4 Å². The maximum atomic E-state index is 9.34. The van der Waals surface area contributed by atoms with Crippen molar-refractivity contribution in [3.63, 3.8) is 0 Å². The summed E-state index contributed by atoms with van der Waals surface area (Å²) >= 11 is 0. The van der Waals surface area contributed by atoms with Crippen molar-refractivity contribution < 1.29 is 5.11 Å². The molecule has 0 saturated carbocycles. The number of nitriles is 1. The highest BCUT2D eigenvalue weighted by Gasteiger charge is 2.03. The van der Waals surface area contributed by atoms with E-state index >= 15 is 0 Å². The molecular weight excluding hydrogens is 176 g/mol. The fourth-order valence-corrected chi connectivity index (χ4v) is 1.31. The second-order valence-electron chi connectivity index (χ2n) is 3.39. The maximum Gasteiger partial charge on any atom is 0.117 e. The van der Waals surface area contributed by atoms with Crippen LogP contribution in [0.15, 0.2) is 18.2 Å². The molecule has 0 amide bonds. The lowest BCUT2D eigenvalue weighted by molar-refractivity contribution is 0.473. The standard InChI is InChI=1S/C11H14N2O/c1-8(13-2)3-9-4-10(7-12)6-11(14)5-9/h4-6,8,13-14H,3H2,1-2H3. The van der Waals surface area contributed by atoms with E-state index in [-0.39, 0.29) is 5.75 Å². The van der Waals surface area contributed by atoms with Crippen molar-refractivity contribution in [2.45, 2.75) is 19.4 Å². The molecule has 0 aliphatic heterocycles. The summed E-state index contributed by atoms with van der Waals surface area (Å²) in [6.07, 6.45) is 0.805. The molecule has 0 aliphatic rings. The molecule has 74 valence electrons. The van der Waals surface area contributed by atoms with Gasteiger partial charge in [0.05, 0.1) is 11.6 Å². The molecule has 0 radical (unpaired) electrons. The van der Waals surface area contributed by atoms with E-state index in [2.05, 4.69) is 12.2 Å². The van der Waals surface area contributed by atoms with E-state index in [0.717, 1.165) is 12.0 Å². The minimum atomic E-state index is 0.155. The number of likely N-dealkylation sites (N-methyl/N-ethyl adjacent to an activating group) is 1. The molecule has 0 aliphatic carbocycles. The third kappa shape index (κ3) is 2.75. The molecule has 0 fully saturated rings. The third-order valence-corrected chi connectivity index (χ3v) is 2.14. The first-order valence-electron chi connectivity index (χ1n) is 4.56. The van der Waals surface area contributed by atoms with Gasteiger partial charge in [0.1, 0.15) is 5.75 Å². The van der Waals surface area contributed by atoms with Crippen molar-refractivity contribution in [1.29, 1.82) is 5.26 Å². The summed E-state index contributed by atoms with van der Waals surface area (Å²) in [5.41, 5.74) is 1.48. The monoisotopic (exact) mass is 190 g/mol. The lowest BCUT2D eigenvalue weighted by atomic mass is 10.0. The highest BCUT2D eigenvalue weighted by molar-refractivity contribution is 5.40. The van der Waals surface area contributed by atoms with Crippen molar-refractivity contribution >= 4 is 0 Å². The highest BCUT2D eigenvalue weighted by atomic mass is 16.3. The Bertz CT molecular complexity index is 355. The van der Waals surface area contributed by atoms with Gasteiger partial charge in [-0.15, -0.1) is 0 Å². The first-order chi connectivity index (χ1) is 6.65. The van der Waals surface area contributed by atoms with E-state index in [1.165, 1.54) is 6.07 Å². The summed E-state index contributed by atoms with van der Waals surface area (Å²) in [5.74, 6) is 0.155. The number of hydrogen-bond donors (Lipinski definition) is 2. The van der Waals surface area contributed by atoms with Crippen LogP contribution in [0.5, 0.6) is 5.75 Å². The van der Waals surface area contributed by atoms with Crippen molar-refractivity contribution in [2.24, 2.45) is 0 Å². The van der Waals surface area contributed by atoms with Crippen LogP contribution in [0.2, 0.25) is 0 Å². The summed E-state index contributed by atoms with van der Waals surface area (Å²) in [6, 6.07) is 7.31. The molecule has 0 bridgehead atoms. The fraction of sp³-hybridized carbons (Fsp3) is 0.364. The zero-order valence-corrected chi connectivity index (χ0v) is 8.41. The lowest BCUT2D eigenvalue weighted by Gasteiger charge is -2.10. The predicted octanol–water partition coefficient (Wildman–Crippen LogP) is 1.41. The van der Waals surface area contributed by atoms with Crippen LogP contribution in [0.1, 0.15) is 18.1 Å². The average molecular weight is 190 g/mol. The predicted molar refractivity (Wildman–Crippen MR) is 55.0 cm³/mol. The van der Waals surface area contributed by atoms with Gasteiger partial charge in [-0.2, -0.15) is 5.26 Å². The summed E-state index contributed by atoms with van der Waals surface area (Å²) in [7, 11) is 1.89. The molecule has 1 atom stereocenters. The van der Waals surface area contributed by atoms with Gasteiger partial charge in [0.2, 0.25) is 0 Å². The van der Waals surface area contributed by atoms with E-state index < -0.39 is 0 Å². The summed E-state index contributed by atoms with van der Waals surface area (Å²) in [5, 5.41) is 21.1. The van der Waals surface area contributed by atoms with Crippen LogP contribution in [0.25, 0.3) is 0 Å². The molecular formula is C11H14N2O. The summed E-state index contributed by atoms with van der Waals surface area (Å²) in [4.78, 5) is 0. The van der Waals surface area contributed by atoms with Gasteiger partial charge >= 0.3 is 0 Å². The number of nitrogens with zero attached hydrogens (tertiary/aromatic N) is 1. The molecule has 0 heterocycles. The molecule has 1 rings (SSSR count). The molecule has 3 nitrogen and oxygen atoms in total. The second-order valence-corrected chi connectivity index (χ2v) is 3.39. The van der Waals surface area contributed by atoms with Gasteiger partial charge in [-0.05, 0) is 44.2 Å². The summed E-state index contributed by atoms with van der Waals surface area (Å²) < 4.78 is 0. The molecule has 1 aromatic rings. The third-order valence-electron chi connectivity index (χ3n) is 2.14. The lowest BCUT2D eigenvalue weighted by Crippen LogP contribution is -2.23. The van der Waals surface area contributed by atoms with E-state index in [1.807, 2.05) is 13.1 Å². The number of rotatable bonds is 3. The number of nitrogens with one attached hydrogen (secondary N) is 1. The Morgan fingerprint density at radius 3 is 2.79 bits per heavy atom. The van der Waals surface area contributed by atoms with Gasteiger partial charge in [0, 0.05) is 6.04 Å². The minimum absolute atomic E-state index is 0.155. The molecule has 0 spiro atoms. The highest BCUT2D eigenvalue weighted by Crippen LogP contribution is 2.16. The van der Waals surface area contributed by atoms with Crippen LogP contribution in [0.3, 0.4) is 0 Å². The molecule has 1 unspecified atom stereocenters. The van der Waals surface area contributed by atoms with Gasteiger partial charge in [-0.25, -0.2) is 0 Å². The first kappa shape index (κ1) is 10.6. The SMILES string of the molecule is CNC(C)Cc1cc(O)cc(C#N)c1. The van der Waals surface area contributed by atoms with Crippen LogP contribution in [0, 0.1) is 11.3 Å². The second kappa shape index (κ2) is 4.64. The van der Waals surface area contributed by atoms with Crippen LogP contribution < -0.4 is 5.32 Å². The Kier molecular flexibility index (Phi) is 3.49. The normalized spacial score (nSPS) is 12.1. The van der Waals surface area contributed by atoms with E-state index in [4.69, 9.17) is 5.26 Å². The Morgan fingerprint density at radius 1 is 1.50 bits per heavy atom. The van der Waals surface area contributed by atoms with Crippen LogP contribution >= 0.6 is 0 Å². The van der Waals surface area contributed by atoms with Crippen molar-refractivity contribution in [1.82, 2.24) is 5.32 Å². The minimum Gasteiger partial charge on any atom is -0.508 e. The first-order valence-corrected chi connectivity index (χ1v) is 4.56. The quantitative estimate of drug-likeness (QED) is 0.757. The molecule has 14 heavy (non-hydrogen) atoms. The number of benzene rings is 1.